The van der Waals surface area contributed by atoms with Gasteiger partial charge in [-0.2, -0.15) is 0 Å². The highest BCUT2D eigenvalue weighted by Crippen LogP contribution is 2.10. The van der Waals surface area contributed by atoms with Gasteiger partial charge in [-0.3, -0.25) is 0 Å². The van der Waals surface area contributed by atoms with Crippen molar-refractivity contribution >= 4 is 6.29 Å². The number of hydrogen-bond donors (Lipinski definition) is 1. The molecule has 0 saturated heterocycles. The number of carbonyl (C=O) groups is 1. The van der Waals surface area contributed by atoms with Crippen LogP contribution in [0.15, 0.2) is 18.2 Å². The molecule has 0 saturated carbocycles. The third kappa shape index (κ3) is 1.92. The van der Waals surface area contributed by atoms with Crippen molar-refractivity contribution in [3.63, 3.8) is 0 Å². The van der Waals surface area contributed by atoms with Crippen LogP contribution in [0, 0.1) is 6.92 Å². The monoisotopic (exact) mass is 163 g/mol. The van der Waals surface area contributed by atoms with E-state index < -0.39 is 0 Å². The van der Waals surface area contributed by atoms with E-state index in [1.54, 1.807) is 0 Å². The van der Waals surface area contributed by atoms with Crippen molar-refractivity contribution in [1.82, 2.24) is 0 Å². The van der Waals surface area contributed by atoms with Gasteiger partial charge in [0.25, 0.3) is 0 Å². The van der Waals surface area contributed by atoms with Crippen molar-refractivity contribution < 1.29 is 4.79 Å². The second-order valence-corrected chi connectivity index (χ2v) is 2.84. The molecule has 0 unspecified atom stereocenters. The zero-order valence-electron chi connectivity index (χ0n) is 7.21. The molecule has 0 aromatic heterocycles. The molecule has 2 N–H and O–H groups in total. The number of aldehydes is 1. The Bertz CT molecular complexity index is 281. The van der Waals surface area contributed by atoms with Crippen LogP contribution < -0.4 is 5.73 Å². The Kier molecular flexibility index (Phi) is 3.00. The van der Waals surface area contributed by atoms with Crippen LogP contribution in [-0.2, 0) is 17.8 Å². The Morgan fingerprint density at radius 2 is 2.25 bits per heavy atom. The van der Waals surface area contributed by atoms with Crippen molar-refractivity contribution in [3.8, 4) is 0 Å². The van der Waals surface area contributed by atoms with Crippen LogP contribution >= 0.6 is 0 Å². The fourth-order valence-corrected chi connectivity index (χ4v) is 1.21. The maximum absolute atomic E-state index is 10.2. The predicted octanol–water partition coefficient (Wildman–Crippen LogP) is 1.20. The van der Waals surface area contributed by atoms with Crippen LogP contribution in [-0.4, -0.2) is 6.29 Å². The smallest absolute Gasteiger partial charge is 0.124 e. The SMILES string of the molecule is Cc1cc(CC=O)ccc1CN. The van der Waals surface area contributed by atoms with Crippen molar-refractivity contribution in [2.75, 3.05) is 0 Å². The number of carbonyl (C=O) groups excluding carboxylic acids is 1. The van der Waals surface area contributed by atoms with Crippen molar-refractivity contribution in [1.29, 1.82) is 0 Å². The third-order valence-electron chi connectivity index (χ3n) is 1.95. The van der Waals surface area contributed by atoms with Gasteiger partial charge in [0.1, 0.15) is 6.29 Å². The lowest BCUT2D eigenvalue weighted by molar-refractivity contribution is -0.107. The fourth-order valence-electron chi connectivity index (χ4n) is 1.21. The molecular weight excluding hydrogens is 150 g/mol. The van der Waals surface area contributed by atoms with E-state index >= 15 is 0 Å². The summed E-state index contributed by atoms with van der Waals surface area (Å²) < 4.78 is 0. The molecule has 2 nitrogen and oxygen atoms in total. The lowest BCUT2D eigenvalue weighted by atomic mass is 10.0. The summed E-state index contributed by atoms with van der Waals surface area (Å²) in [6.45, 7) is 2.57. The van der Waals surface area contributed by atoms with Gasteiger partial charge in [-0.25, -0.2) is 0 Å². The first-order valence-corrected chi connectivity index (χ1v) is 4.00. The fraction of sp³-hybridized carbons (Fsp3) is 0.300. The molecule has 0 amide bonds. The predicted molar refractivity (Wildman–Crippen MR) is 48.8 cm³/mol. The zero-order chi connectivity index (χ0) is 8.97. The van der Waals surface area contributed by atoms with Gasteiger partial charge in [0, 0.05) is 13.0 Å². The third-order valence-corrected chi connectivity index (χ3v) is 1.95. The molecule has 0 spiro atoms. The molecule has 0 aliphatic carbocycles. The standard InChI is InChI=1S/C10H13NO/c1-8-6-9(4-5-12)2-3-10(8)7-11/h2-3,5-6H,4,7,11H2,1H3. The lowest BCUT2D eigenvalue weighted by Crippen LogP contribution is -1.99. The van der Waals surface area contributed by atoms with E-state index in [2.05, 4.69) is 0 Å². The molecule has 0 aliphatic heterocycles. The quantitative estimate of drug-likeness (QED) is 0.680. The van der Waals surface area contributed by atoms with Gasteiger partial charge in [-0.15, -0.1) is 0 Å². The van der Waals surface area contributed by atoms with Gasteiger partial charge in [-0.1, -0.05) is 18.2 Å². The number of aryl methyl sites for hydroxylation is 1. The summed E-state index contributed by atoms with van der Waals surface area (Å²) in [6, 6.07) is 5.94. The molecule has 0 radical (unpaired) electrons. The highest BCUT2D eigenvalue weighted by atomic mass is 16.1. The summed E-state index contributed by atoms with van der Waals surface area (Å²) in [4.78, 5) is 10.2. The molecule has 0 aliphatic rings. The first kappa shape index (κ1) is 8.94. The highest BCUT2D eigenvalue weighted by Gasteiger charge is 1.97. The van der Waals surface area contributed by atoms with Crippen LogP contribution in [0.5, 0.6) is 0 Å². The van der Waals surface area contributed by atoms with Crippen LogP contribution in [0.3, 0.4) is 0 Å². The number of hydrogen-bond acceptors (Lipinski definition) is 2. The average Bonchev–Trinajstić information content (AvgIpc) is 2.05. The lowest BCUT2D eigenvalue weighted by Gasteiger charge is -2.03. The molecule has 64 valence electrons. The second-order valence-electron chi connectivity index (χ2n) is 2.84. The summed E-state index contributed by atoms with van der Waals surface area (Å²) in [5, 5.41) is 0. The molecule has 1 aromatic carbocycles. The summed E-state index contributed by atoms with van der Waals surface area (Å²) in [7, 11) is 0. The van der Waals surface area contributed by atoms with Gasteiger partial charge in [0.15, 0.2) is 0 Å². The van der Waals surface area contributed by atoms with Gasteiger partial charge >= 0.3 is 0 Å². The highest BCUT2D eigenvalue weighted by molar-refractivity contribution is 5.55. The van der Waals surface area contributed by atoms with Crippen LogP contribution in [0.4, 0.5) is 0 Å². The molecule has 2 heteroatoms. The molecule has 1 aromatic rings. The molecule has 0 atom stereocenters. The maximum Gasteiger partial charge on any atom is 0.124 e. The van der Waals surface area contributed by atoms with Gasteiger partial charge in [-0.05, 0) is 23.6 Å². The van der Waals surface area contributed by atoms with E-state index in [9.17, 15) is 4.79 Å². The van der Waals surface area contributed by atoms with Gasteiger partial charge in [0.2, 0.25) is 0 Å². The molecule has 1 rings (SSSR count). The van der Waals surface area contributed by atoms with Crippen molar-refractivity contribution in [2.24, 2.45) is 5.73 Å². The minimum absolute atomic E-state index is 0.492. The molecule has 0 bridgehead atoms. The topological polar surface area (TPSA) is 43.1 Å². The zero-order valence-corrected chi connectivity index (χ0v) is 7.21. The average molecular weight is 163 g/mol. The summed E-state index contributed by atoms with van der Waals surface area (Å²) in [5.41, 5.74) is 8.87. The van der Waals surface area contributed by atoms with E-state index in [1.807, 2.05) is 25.1 Å². The molecule has 0 fully saturated rings. The van der Waals surface area contributed by atoms with Crippen molar-refractivity contribution in [3.05, 3.63) is 34.9 Å². The van der Waals surface area contributed by atoms with E-state index in [0.29, 0.717) is 13.0 Å². The second kappa shape index (κ2) is 4.02. The Labute approximate surface area is 72.4 Å². The summed E-state index contributed by atoms with van der Waals surface area (Å²) in [6.07, 6.45) is 1.41. The van der Waals surface area contributed by atoms with E-state index in [-0.39, 0.29) is 0 Å². The maximum atomic E-state index is 10.2. The normalized spacial score (nSPS) is 9.83. The van der Waals surface area contributed by atoms with E-state index in [4.69, 9.17) is 5.73 Å². The Morgan fingerprint density at radius 3 is 2.75 bits per heavy atom. The molecule has 12 heavy (non-hydrogen) atoms. The first-order chi connectivity index (χ1) is 5.77. The van der Waals surface area contributed by atoms with Crippen LogP contribution in [0.1, 0.15) is 16.7 Å². The summed E-state index contributed by atoms with van der Waals surface area (Å²) in [5.74, 6) is 0. The Morgan fingerprint density at radius 1 is 1.50 bits per heavy atom. The number of rotatable bonds is 3. The van der Waals surface area contributed by atoms with Crippen LogP contribution in [0.2, 0.25) is 0 Å². The summed E-state index contributed by atoms with van der Waals surface area (Å²) >= 11 is 0. The Hall–Kier alpha value is -1.15. The van der Waals surface area contributed by atoms with E-state index in [0.717, 1.165) is 23.0 Å². The number of nitrogens with two attached hydrogens (primary N) is 1. The molecular formula is C10H13NO. The van der Waals surface area contributed by atoms with Gasteiger partial charge < -0.3 is 10.5 Å². The number of benzene rings is 1. The van der Waals surface area contributed by atoms with Crippen molar-refractivity contribution in [2.45, 2.75) is 19.9 Å². The minimum atomic E-state index is 0.492. The van der Waals surface area contributed by atoms with E-state index in [1.165, 1.54) is 0 Å². The largest absolute Gasteiger partial charge is 0.326 e. The molecule has 0 heterocycles. The van der Waals surface area contributed by atoms with Gasteiger partial charge in [0.05, 0.1) is 0 Å². The minimum Gasteiger partial charge on any atom is -0.326 e. The van der Waals surface area contributed by atoms with Crippen LogP contribution in [0.25, 0.3) is 0 Å². The first-order valence-electron chi connectivity index (χ1n) is 4.00. The Balaban J connectivity index is 2.93.